The molecule has 0 fully saturated rings. The van der Waals surface area contributed by atoms with Gasteiger partial charge in [-0.25, -0.2) is 4.68 Å². The van der Waals surface area contributed by atoms with E-state index in [0.29, 0.717) is 29.7 Å². The minimum atomic E-state index is 0.0557. The number of aromatic nitrogens is 3. The van der Waals surface area contributed by atoms with Crippen molar-refractivity contribution < 1.29 is 4.79 Å². The molecule has 0 N–H and O–H groups in total. The molecule has 0 unspecified atom stereocenters. The molecule has 0 bridgehead atoms. The summed E-state index contributed by atoms with van der Waals surface area (Å²) in [5.74, 6) is 0.360. The lowest BCUT2D eigenvalue weighted by atomic mass is 10.1. The molecule has 112 valence electrons. The van der Waals surface area contributed by atoms with Crippen molar-refractivity contribution in [1.82, 2.24) is 14.8 Å². The molecular formula is C15H19ClN4O. The maximum atomic E-state index is 12.3. The Kier molecular flexibility index (Phi) is 4.96. The van der Waals surface area contributed by atoms with Crippen LogP contribution in [0.2, 0.25) is 5.15 Å². The molecule has 5 nitrogen and oxygen atoms in total. The normalized spacial score (nSPS) is 10.9. The summed E-state index contributed by atoms with van der Waals surface area (Å²) in [6, 6.07) is 3.71. The average molecular weight is 307 g/mol. The number of carbonyl (C=O) groups excluding carboxylic acids is 1. The van der Waals surface area contributed by atoms with E-state index in [0.717, 1.165) is 5.69 Å². The molecule has 0 aliphatic rings. The maximum Gasteiger partial charge on any atom is 0.227 e. The van der Waals surface area contributed by atoms with Gasteiger partial charge in [0.05, 0.1) is 18.1 Å². The summed E-state index contributed by atoms with van der Waals surface area (Å²) in [5, 5.41) is 4.58. The van der Waals surface area contributed by atoms with Crippen LogP contribution in [0.1, 0.15) is 27.2 Å². The van der Waals surface area contributed by atoms with Crippen LogP contribution in [0.15, 0.2) is 30.7 Å². The molecule has 0 radical (unpaired) electrons. The summed E-state index contributed by atoms with van der Waals surface area (Å²) >= 11 is 6.20. The summed E-state index contributed by atoms with van der Waals surface area (Å²) in [4.78, 5) is 18.0. The fraction of sp³-hybridized carbons (Fsp3) is 0.400. The molecule has 2 heterocycles. The van der Waals surface area contributed by atoms with Crippen molar-refractivity contribution in [2.24, 2.45) is 5.92 Å². The van der Waals surface area contributed by atoms with Crippen LogP contribution in [0.25, 0.3) is 5.69 Å². The molecule has 1 amide bonds. The minimum absolute atomic E-state index is 0.0557. The Morgan fingerprint density at radius 3 is 2.81 bits per heavy atom. The van der Waals surface area contributed by atoms with Gasteiger partial charge in [0.25, 0.3) is 0 Å². The largest absolute Gasteiger partial charge is 0.308 e. The molecular weight excluding hydrogens is 288 g/mol. The number of hydrogen-bond acceptors (Lipinski definition) is 3. The quantitative estimate of drug-likeness (QED) is 0.851. The van der Waals surface area contributed by atoms with Crippen LogP contribution < -0.4 is 4.90 Å². The summed E-state index contributed by atoms with van der Waals surface area (Å²) in [6.07, 6.45) is 5.64. The zero-order valence-electron chi connectivity index (χ0n) is 12.5. The van der Waals surface area contributed by atoms with Crippen molar-refractivity contribution in [1.29, 1.82) is 0 Å². The number of rotatable bonds is 5. The minimum Gasteiger partial charge on any atom is -0.308 e. The van der Waals surface area contributed by atoms with Gasteiger partial charge in [0.2, 0.25) is 5.91 Å². The predicted octanol–water partition coefficient (Wildman–Crippen LogP) is 3.32. The third-order valence-corrected chi connectivity index (χ3v) is 3.32. The molecule has 0 spiro atoms. The van der Waals surface area contributed by atoms with E-state index in [4.69, 9.17) is 11.6 Å². The molecule has 0 atom stereocenters. The number of pyridine rings is 1. The van der Waals surface area contributed by atoms with Crippen molar-refractivity contribution in [3.8, 4) is 5.69 Å². The van der Waals surface area contributed by atoms with Gasteiger partial charge in [-0.05, 0) is 25.0 Å². The summed E-state index contributed by atoms with van der Waals surface area (Å²) in [5.41, 5.74) is 1.44. The van der Waals surface area contributed by atoms with Crippen molar-refractivity contribution in [2.75, 3.05) is 11.4 Å². The molecule has 2 aromatic rings. The van der Waals surface area contributed by atoms with E-state index in [9.17, 15) is 4.79 Å². The Labute approximate surface area is 129 Å². The van der Waals surface area contributed by atoms with E-state index in [2.05, 4.69) is 10.1 Å². The lowest BCUT2D eigenvalue weighted by Gasteiger charge is -2.20. The Balaban J connectivity index is 2.31. The molecule has 0 saturated carbocycles. The number of anilines is 1. The van der Waals surface area contributed by atoms with Gasteiger partial charge >= 0.3 is 0 Å². The molecule has 0 aromatic carbocycles. The van der Waals surface area contributed by atoms with Crippen LogP contribution in [-0.4, -0.2) is 27.2 Å². The highest BCUT2D eigenvalue weighted by Crippen LogP contribution is 2.26. The summed E-state index contributed by atoms with van der Waals surface area (Å²) in [6.45, 7) is 6.53. The van der Waals surface area contributed by atoms with Gasteiger partial charge in [0.1, 0.15) is 5.69 Å². The Hall–Kier alpha value is -1.88. The Morgan fingerprint density at radius 2 is 2.24 bits per heavy atom. The van der Waals surface area contributed by atoms with Gasteiger partial charge in [-0.3, -0.25) is 9.78 Å². The highest BCUT2D eigenvalue weighted by atomic mass is 35.5. The Morgan fingerprint density at radius 1 is 1.48 bits per heavy atom. The fourth-order valence-corrected chi connectivity index (χ4v) is 2.32. The number of halogens is 1. The molecule has 6 heteroatoms. The topological polar surface area (TPSA) is 51.0 Å². The number of nitrogens with zero attached hydrogens (tertiary/aromatic N) is 4. The van der Waals surface area contributed by atoms with E-state index in [-0.39, 0.29) is 5.91 Å². The molecule has 21 heavy (non-hydrogen) atoms. The zero-order valence-corrected chi connectivity index (χ0v) is 13.2. The third kappa shape index (κ3) is 3.61. The second kappa shape index (κ2) is 6.72. The van der Waals surface area contributed by atoms with E-state index in [1.165, 1.54) is 0 Å². The monoisotopic (exact) mass is 306 g/mol. The highest BCUT2D eigenvalue weighted by Gasteiger charge is 2.20. The first kappa shape index (κ1) is 15.5. The number of amides is 1. The van der Waals surface area contributed by atoms with Crippen molar-refractivity contribution in [3.63, 3.8) is 0 Å². The first-order chi connectivity index (χ1) is 10.0. The Bertz CT molecular complexity index is 609. The summed E-state index contributed by atoms with van der Waals surface area (Å²) in [7, 11) is 0. The van der Waals surface area contributed by atoms with Gasteiger partial charge in [-0.2, -0.15) is 5.10 Å². The average Bonchev–Trinajstić information content (AvgIpc) is 2.82. The standard InChI is InChI=1S/C15H19ClN4O/c1-4-19(14(21)8-11(2)3)13-10-20(18-15(13)16)12-6-5-7-17-9-12/h5-7,9-11H,4,8H2,1-3H3. The van der Waals surface area contributed by atoms with Crippen molar-refractivity contribution in [3.05, 3.63) is 35.9 Å². The maximum absolute atomic E-state index is 12.3. The molecule has 2 aromatic heterocycles. The van der Waals surface area contributed by atoms with Crippen molar-refractivity contribution >= 4 is 23.2 Å². The van der Waals surface area contributed by atoms with Gasteiger partial charge in [0.15, 0.2) is 5.15 Å². The van der Waals surface area contributed by atoms with Crippen LogP contribution in [-0.2, 0) is 4.79 Å². The van der Waals surface area contributed by atoms with E-state index < -0.39 is 0 Å². The van der Waals surface area contributed by atoms with Gasteiger partial charge < -0.3 is 4.90 Å². The zero-order chi connectivity index (χ0) is 15.4. The first-order valence-corrected chi connectivity index (χ1v) is 7.36. The van der Waals surface area contributed by atoms with Crippen LogP contribution in [0, 0.1) is 5.92 Å². The molecule has 2 rings (SSSR count). The van der Waals surface area contributed by atoms with Gasteiger partial charge in [0, 0.05) is 19.2 Å². The molecule has 0 saturated heterocycles. The predicted molar refractivity (Wildman–Crippen MR) is 83.9 cm³/mol. The van der Waals surface area contributed by atoms with Crippen LogP contribution >= 0.6 is 11.6 Å². The lowest BCUT2D eigenvalue weighted by Crippen LogP contribution is -2.31. The third-order valence-electron chi connectivity index (χ3n) is 3.05. The number of carbonyl (C=O) groups is 1. The van der Waals surface area contributed by atoms with Crippen LogP contribution in [0.5, 0.6) is 0 Å². The second-order valence-electron chi connectivity index (χ2n) is 5.20. The SMILES string of the molecule is CCN(C(=O)CC(C)C)c1cn(-c2cccnc2)nc1Cl. The van der Waals surface area contributed by atoms with Crippen LogP contribution in [0.4, 0.5) is 5.69 Å². The van der Waals surface area contributed by atoms with Gasteiger partial charge in [-0.1, -0.05) is 25.4 Å². The molecule has 0 aliphatic carbocycles. The smallest absolute Gasteiger partial charge is 0.227 e. The fourth-order valence-electron chi connectivity index (χ4n) is 2.09. The van der Waals surface area contributed by atoms with E-state index in [1.807, 2.05) is 32.9 Å². The second-order valence-corrected chi connectivity index (χ2v) is 5.55. The van der Waals surface area contributed by atoms with Crippen molar-refractivity contribution in [2.45, 2.75) is 27.2 Å². The number of hydrogen-bond donors (Lipinski definition) is 0. The van der Waals surface area contributed by atoms with E-state index in [1.54, 1.807) is 28.2 Å². The van der Waals surface area contributed by atoms with Crippen LogP contribution in [0.3, 0.4) is 0 Å². The van der Waals surface area contributed by atoms with Gasteiger partial charge in [-0.15, -0.1) is 0 Å². The first-order valence-electron chi connectivity index (χ1n) is 6.98. The lowest BCUT2D eigenvalue weighted by molar-refractivity contribution is -0.119. The highest BCUT2D eigenvalue weighted by molar-refractivity contribution is 6.32. The summed E-state index contributed by atoms with van der Waals surface area (Å²) < 4.78 is 1.63. The van der Waals surface area contributed by atoms with E-state index >= 15 is 0 Å². The molecule has 0 aliphatic heterocycles.